The summed E-state index contributed by atoms with van der Waals surface area (Å²) in [4.78, 5) is 106. The summed E-state index contributed by atoms with van der Waals surface area (Å²) in [5.74, 6) is -2.74. The van der Waals surface area contributed by atoms with Crippen molar-refractivity contribution in [3.63, 3.8) is 0 Å². The number of carbonyl (C=O) groups excluding carboxylic acids is 7. The summed E-state index contributed by atoms with van der Waals surface area (Å²) in [6, 6.07) is 15.2. The Kier molecular flexibility index (Phi) is 22.7. The molecule has 0 bridgehead atoms. The summed E-state index contributed by atoms with van der Waals surface area (Å²) in [6.07, 6.45) is 1.86. The van der Waals surface area contributed by atoms with Crippen molar-refractivity contribution in [1.29, 1.82) is 0 Å². The van der Waals surface area contributed by atoms with Gasteiger partial charge in [0.25, 0.3) is 5.91 Å². The Morgan fingerprint density at radius 1 is 0.843 bits per heavy atom. The van der Waals surface area contributed by atoms with Crippen molar-refractivity contribution in [2.75, 3.05) is 39.0 Å². The third kappa shape index (κ3) is 18.3. The number of amides is 6. The van der Waals surface area contributed by atoms with Gasteiger partial charge in [0.15, 0.2) is 6.10 Å². The van der Waals surface area contributed by atoms with Gasteiger partial charge in [0.2, 0.25) is 29.5 Å². The second kappa shape index (κ2) is 27.6. The van der Waals surface area contributed by atoms with E-state index < -0.39 is 53.8 Å². The summed E-state index contributed by atoms with van der Waals surface area (Å²) >= 11 is 7.04. The molecular formula is C52H75N7O8S3. The van der Waals surface area contributed by atoms with Gasteiger partial charge < -0.3 is 35.4 Å². The molecule has 1 saturated heterocycles. The number of aromatic nitrogens is 1. The van der Waals surface area contributed by atoms with Gasteiger partial charge in [0.05, 0.1) is 0 Å². The lowest BCUT2D eigenvalue weighted by molar-refractivity contribution is -0.148. The van der Waals surface area contributed by atoms with Gasteiger partial charge in [-0.25, -0.2) is 4.98 Å². The minimum atomic E-state index is -1.14. The van der Waals surface area contributed by atoms with E-state index in [1.54, 1.807) is 41.0 Å². The maximum atomic E-state index is 14.4. The quantitative estimate of drug-likeness (QED) is 0.0392. The maximum Gasteiger partial charge on any atom is 0.303 e. The number of piperazine rings is 1. The molecule has 1 aromatic heterocycles. The predicted octanol–water partition coefficient (Wildman–Crippen LogP) is 6.98. The van der Waals surface area contributed by atoms with E-state index in [0.717, 1.165) is 28.2 Å². The SMILES string of the molecule is CC[C@H](C)CC(=O)N(C)[C@H](C[C@@H](OC(C)=O)c1nc(C(=O)N[C@@H](CSc2ccccc2)C(=O)N[C@H](C(=O)N[C@@H](Cc2ccccc2)C(=O)N2CCN(C(=O)CCC(C)(C)S)CC2)C(C)C)cs1)C(C)C. The van der Waals surface area contributed by atoms with E-state index in [1.165, 1.54) is 18.7 Å². The van der Waals surface area contributed by atoms with Crippen molar-refractivity contribution in [1.82, 2.24) is 35.6 Å². The minimum Gasteiger partial charge on any atom is -0.455 e. The number of nitrogens with zero attached hydrogens (tertiary/aromatic N) is 4. The molecule has 0 unspecified atom stereocenters. The number of hydrogen-bond donors (Lipinski definition) is 4. The van der Waals surface area contributed by atoms with Crippen LogP contribution in [-0.4, -0.2) is 129 Å². The third-order valence-electron chi connectivity index (χ3n) is 12.5. The van der Waals surface area contributed by atoms with Crippen molar-refractivity contribution >= 4 is 77.1 Å². The van der Waals surface area contributed by atoms with Crippen LogP contribution in [0, 0.1) is 17.8 Å². The van der Waals surface area contributed by atoms with Crippen LogP contribution < -0.4 is 16.0 Å². The van der Waals surface area contributed by atoms with Crippen molar-refractivity contribution in [3.05, 3.63) is 82.3 Å². The Morgan fingerprint density at radius 3 is 2.03 bits per heavy atom. The average Bonchev–Trinajstić information content (AvgIpc) is 3.82. The number of carbonyl (C=O) groups is 7. The van der Waals surface area contributed by atoms with Crippen LogP contribution in [0.5, 0.6) is 0 Å². The van der Waals surface area contributed by atoms with Crippen LogP contribution in [0.4, 0.5) is 0 Å². The van der Waals surface area contributed by atoms with Crippen LogP contribution in [0.25, 0.3) is 0 Å². The highest BCUT2D eigenvalue weighted by Crippen LogP contribution is 2.31. The molecule has 1 aliphatic heterocycles. The summed E-state index contributed by atoms with van der Waals surface area (Å²) < 4.78 is 5.49. The topological polar surface area (TPSA) is 187 Å². The van der Waals surface area contributed by atoms with E-state index in [9.17, 15) is 33.6 Å². The van der Waals surface area contributed by atoms with Gasteiger partial charge in [-0.05, 0) is 41.9 Å². The lowest BCUT2D eigenvalue weighted by Gasteiger charge is -2.37. The Morgan fingerprint density at radius 2 is 1.46 bits per heavy atom. The Hall–Kier alpha value is -4.94. The molecule has 3 aromatic rings. The molecular weight excluding hydrogens is 947 g/mol. The Bertz CT molecular complexity index is 2200. The van der Waals surface area contributed by atoms with Gasteiger partial charge in [-0.3, -0.25) is 33.6 Å². The van der Waals surface area contributed by atoms with Gasteiger partial charge in [-0.15, -0.1) is 23.1 Å². The molecule has 70 heavy (non-hydrogen) atoms. The lowest BCUT2D eigenvalue weighted by atomic mass is 9.95. The Balaban J connectivity index is 1.53. The minimum absolute atomic E-state index is 0.00601. The molecule has 4 rings (SSSR count). The van der Waals surface area contributed by atoms with E-state index in [0.29, 0.717) is 50.4 Å². The molecule has 2 heterocycles. The largest absolute Gasteiger partial charge is 0.455 e. The van der Waals surface area contributed by atoms with E-state index >= 15 is 0 Å². The lowest BCUT2D eigenvalue weighted by Crippen LogP contribution is -2.60. The molecule has 384 valence electrons. The zero-order chi connectivity index (χ0) is 51.7. The molecule has 2 aromatic carbocycles. The first-order valence-electron chi connectivity index (χ1n) is 24.4. The average molecular weight is 1020 g/mol. The molecule has 18 heteroatoms. The highest BCUT2D eigenvalue weighted by molar-refractivity contribution is 7.99. The summed E-state index contributed by atoms with van der Waals surface area (Å²) in [6.45, 7) is 18.2. The van der Waals surface area contributed by atoms with Crippen molar-refractivity contribution in [3.8, 4) is 0 Å². The normalized spacial score (nSPS) is 15.6. The second-order valence-electron chi connectivity index (χ2n) is 19.6. The number of thioether (sulfide) groups is 1. The highest BCUT2D eigenvalue weighted by Gasteiger charge is 2.36. The predicted molar refractivity (Wildman–Crippen MR) is 279 cm³/mol. The first-order valence-corrected chi connectivity index (χ1v) is 26.7. The van der Waals surface area contributed by atoms with Crippen LogP contribution in [0.15, 0.2) is 70.9 Å². The number of nitrogens with one attached hydrogen (secondary N) is 3. The second-order valence-corrected chi connectivity index (χ2v) is 22.8. The molecule has 0 spiro atoms. The molecule has 15 nitrogen and oxygen atoms in total. The third-order valence-corrected chi connectivity index (χ3v) is 14.8. The number of ether oxygens (including phenoxy) is 1. The standard InChI is InChI=1S/C52H75N7O8S3/c1-11-35(6)28-45(62)57(10)42(33(2)3)30-43(67-36(7)60)50-55-41(32-70-50)47(63)54-40(31-69-38-20-16-13-17-21-38)48(64)56-46(34(4)5)49(65)53-39(29-37-18-14-12-15-19-37)51(66)59-26-24-58(25-27-59)44(61)22-23-52(8,9)68/h12-21,32-35,39-40,42-43,46,68H,11,22-31H2,1-10H3,(H,53,65)(H,54,63)(H,56,64)/t35-,39-,40-,42+,43+,46-/m0/s1. The van der Waals surface area contributed by atoms with Crippen LogP contribution >= 0.6 is 35.7 Å². The summed E-state index contributed by atoms with van der Waals surface area (Å²) in [5.41, 5.74) is 0.841. The van der Waals surface area contributed by atoms with Gasteiger partial charge in [-0.2, -0.15) is 12.6 Å². The zero-order valence-corrected chi connectivity index (χ0v) is 45.1. The maximum absolute atomic E-state index is 14.4. The van der Waals surface area contributed by atoms with Crippen LogP contribution in [-0.2, 0) is 39.9 Å². The highest BCUT2D eigenvalue weighted by atomic mass is 32.2. The number of thiazole rings is 1. The fourth-order valence-electron chi connectivity index (χ4n) is 7.99. The van der Waals surface area contributed by atoms with E-state index in [-0.39, 0.29) is 64.6 Å². The van der Waals surface area contributed by atoms with Gasteiger partial charge in [-0.1, -0.05) is 110 Å². The number of rotatable bonds is 25. The fourth-order valence-corrected chi connectivity index (χ4v) is 9.88. The molecule has 6 amide bonds. The van der Waals surface area contributed by atoms with E-state index in [2.05, 4.69) is 33.6 Å². The van der Waals surface area contributed by atoms with E-state index in [1.807, 2.05) is 102 Å². The first kappa shape index (κ1) is 57.6. The molecule has 6 atom stereocenters. The van der Waals surface area contributed by atoms with Crippen LogP contribution in [0.1, 0.15) is 122 Å². The molecule has 0 radical (unpaired) electrons. The van der Waals surface area contributed by atoms with Crippen molar-refractivity contribution in [2.45, 2.75) is 141 Å². The zero-order valence-electron chi connectivity index (χ0n) is 42.6. The van der Waals surface area contributed by atoms with Crippen molar-refractivity contribution in [2.24, 2.45) is 17.8 Å². The van der Waals surface area contributed by atoms with Crippen molar-refractivity contribution < 1.29 is 38.3 Å². The summed E-state index contributed by atoms with van der Waals surface area (Å²) in [7, 11) is 1.76. The first-order chi connectivity index (χ1) is 33.1. The molecule has 1 aliphatic rings. The van der Waals surface area contributed by atoms with E-state index in [4.69, 9.17) is 4.74 Å². The Labute approximate surface area is 428 Å². The number of hydrogen-bond acceptors (Lipinski definition) is 12. The molecule has 3 N–H and O–H groups in total. The summed E-state index contributed by atoms with van der Waals surface area (Å²) in [5, 5.41) is 10.6. The number of thiol groups is 1. The van der Waals surface area contributed by atoms with Crippen LogP contribution in [0.3, 0.4) is 0 Å². The van der Waals surface area contributed by atoms with Crippen LogP contribution in [0.2, 0.25) is 0 Å². The fraction of sp³-hybridized carbons (Fsp3) is 0.577. The smallest absolute Gasteiger partial charge is 0.303 e. The van der Waals surface area contributed by atoms with Gasteiger partial charge >= 0.3 is 5.97 Å². The monoisotopic (exact) mass is 1020 g/mol. The number of benzene rings is 2. The van der Waals surface area contributed by atoms with Gasteiger partial charge in [0.1, 0.15) is 28.8 Å². The molecule has 0 saturated carbocycles. The molecule has 1 fully saturated rings. The molecule has 0 aliphatic carbocycles. The van der Waals surface area contributed by atoms with Gasteiger partial charge in [0, 0.05) is 92.7 Å². The number of esters is 1.